The van der Waals surface area contributed by atoms with Crippen molar-refractivity contribution in [1.82, 2.24) is 0 Å². The van der Waals surface area contributed by atoms with Gasteiger partial charge in [-0.25, -0.2) is 21.6 Å². The number of nitrogens with one attached hydrogen (secondary N) is 1. The molecule has 0 aliphatic heterocycles. The second-order valence-electron chi connectivity index (χ2n) is 6.46. The summed E-state index contributed by atoms with van der Waals surface area (Å²) in [6.45, 7) is 1.49. The van der Waals surface area contributed by atoms with E-state index in [2.05, 4.69) is 4.72 Å². The summed E-state index contributed by atoms with van der Waals surface area (Å²) in [6.07, 6.45) is 1.65. The molecule has 1 saturated carbocycles. The van der Waals surface area contributed by atoms with E-state index in [1.165, 1.54) is 19.1 Å². The molecular formula is C18H17F3INO2S. The molecule has 3 nitrogen and oxygen atoms in total. The van der Waals surface area contributed by atoms with Gasteiger partial charge in [0, 0.05) is 15.6 Å². The second kappa shape index (κ2) is 7.38. The summed E-state index contributed by atoms with van der Waals surface area (Å²) in [4.78, 5) is 0. The topological polar surface area (TPSA) is 46.2 Å². The fraction of sp³-hybridized carbons (Fsp3) is 0.333. The lowest BCUT2D eigenvalue weighted by Gasteiger charge is -2.27. The first-order valence-electron chi connectivity index (χ1n) is 8.12. The normalized spacial score (nSPS) is 15.0. The van der Waals surface area contributed by atoms with Gasteiger partial charge in [0.25, 0.3) is 0 Å². The highest BCUT2D eigenvalue weighted by molar-refractivity contribution is 14.1. The van der Waals surface area contributed by atoms with Crippen LogP contribution in [0.3, 0.4) is 0 Å². The van der Waals surface area contributed by atoms with Crippen molar-refractivity contribution in [3.05, 3.63) is 62.0 Å². The van der Waals surface area contributed by atoms with E-state index < -0.39 is 32.7 Å². The fourth-order valence-electron chi connectivity index (χ4n) is 2.89. The van der Waals surface area contributed by atoms with Crippen molar-refractivity contribution in [3.8, 4) is 0 Å². The Hall–Kier alpha value is -1.29. The Kier molecular flexibility index (Phi) is 5.53. The maximum atomic E-state index is 14.5. The van der Waals surface area contributed by atoms with Crippen molar-refractivity contribution < 1.29 is 21.6 Å². The summed E-state index contributed by atoms with van der Waals surface area (Å²) in [5.74, 6) is -2.80. The number of sulfonamides is 1. The summed E-state index contributed by atoms with van der Waals surface area (Å²) in [5.41, 5.74) is 0.227. The molecule has 0 atom stereocenters. The Balaban J connectivity index is 2.05. The molecule has 1 N–H and O–H groups in total. The molecule has 1 aliphatic rings. The molecule has 0 radical (unpaired) electrons. The number of aryl methyl sites for hydroxylation is 1. The van der Waals surface area contributed by atoms with Crippen LogP contribution in [0.25, 0.3) is 0 Å². The third-order valence-corrected chi connectivity index (χ3v) is 7.14. The zero-order valence-corrected chi connectivity index (χ0v) is 16.9. The first kappa shape index (κ1) is 19.5. The summed E-state index contributed by atoms with van der Waals surface area (Å²) in [6, 6.07) is 5.38. The van der Waals surface area contributed by atoms with Crippen LogP contribution in [0.4, 0.5) is 18.9 Å². The average molecular weight is 495 g/mol. The van der Waals surface area contributed by atoms with Gasteiger partial charge in [-0.05, 0) is 71.7 Å². The molecule has 2 aromatic carbocycles. The monoisotopic (exact) mass is 495 g/mol. The molecule has 0 aromatic heterocycles. The lowest BCUT2D eigenvalue weighted by Crippen LogP contribution is -2.34. The highest BCUT2D eigenvalue weighted by Crippen LogP contribution is 2.33. The Labute approximate surface area is 164 Å². The third kappa shape index (κ3) is 3.85. The molecule has 1 aliphatic carbocycles. The largest absolute Gasteiger partial charge is 0.283 e. The van der Waals surface area contributed by atoms with Gasteiger partial charge in [0.15, 0.2) is 11.6 Å². The highest BCUT2D eigenvalue weighted by atomic mass is 127. The SMILES string of the molecule is Cc1cc(F)c(F)c(Cc2ccc(I)cc2F)c1NS(=O)(=O)C1CCC1. The van der Waals surface area contributed by atoms with Gasteiger partial charge in [-0.15, -0.1) is 0 Å². The van der Waals surface area contributed by atoms with Gasteiger partial charge >= 0.3 is 0 Å². The van der Waals surface area contributed by atoms with E-state index in [0.717, 1.165) is 12.5 Å². The fourth-order valence-corrected chi connectivity index (χ4v) is 5.03. The number of rotatable bonds is 5. The van der Waals surface area contributed by atoms with Crippen LogP contribution in [0, 0.1) is 27.9 Å². The number of hydrogen-bond donors (Lipinski definition) is 1. The Morgan fingerprint density at radius 2 is 1.85 bits per heavy atom. The van der Waals surface area contributed by atoms with Crippen LogP contribution in [0.2, 0.25) is 0 Å². The molecule has 3 rings (SSSR count). The molecule has 0 unspecified atom stereocenters. The van der Waals surface area contributed by atoms with Crippen LogP contribution in [0.5, 0.6) is 0 Å². The highest BCUT2D eigenvalue weighted by Gasteiger charge is 2.32. The summed E-state index contributed by atoms with van der Waals surface area (Å²) in [5, 5.41) is -0.530. The summed E-state index contributed by atoms with van der Waals surface area (Å²) in [7, 11) is -3.69. The van der Waals surface area contributed by atoms with Gasteiger partial charge in [-0.2, -0.15) is 0 Å². The maximum absolute atomic E-state index is 14.5. The van der Waals surface area contributed by atoms with Crippen LogP contribution >= 0.6 is 22.6 Å². The number of anilines is 1. The minimum absolute atomic E-state index is 0.00579. The van der Waals surface area contributed by atoms with Gasteiger partial charge in [-0.1, -0.05) is 12.5 Å². The molecule has 0 spiro atoms. The smallest absolute Gasteiger partial charge is 0.235 e. The molecule has 8 heteroatoms. The predicted molar refractivity (Wildman–Crippen MR) is 103 cm³/mol. The van der Waals surface area contributed by atoms with Crippen LogP contribution in [-0.2, 0) is 16.4 Å². The van der Waals surface area contributed by atoms with Crippen molar-refractivity contribution in [1.29, 1.82) is 0 Å². The summed E-state index contributed by atoms with van der Waals surface area (Å²) < 4.78 is 70.5. The van der Waals surface area contributed by atoms with Crippen LogP contribution in [-0.4, -0.2) is 13.7 Å². The van der Waals surface area contributed by atoms with E-state index in [1.807, 2.05) is 22.6 Å². The van der Waals surface area contributed by atoms with Gasteiger partial charge in [-0.3, -0.25) is 4.72 Å². The van der Waals surface area contributed by atoms with Gasteiger partial charge in [0.1, 0.15) is 5.82 Å². The van der Waals surface area contributed by atoms with Crippen molar-refractivity contribution in [2.45, 2.75) is 37.9 Å². The quantitative estimate of drug-likeness (QED) is 0.600. The van der Waals surface area contributed by atoms with E-state index in [-0.39, 0.29) is 28.8 Å². The minimum Gasteiger partial charge on any atom is -0.283 e. The van der Waals surface area contributed by atoms with E-state index in [1.54, 1.807) is 6.07 Å². The number of benzene rings is 2. The van der Waals surface area contributed by atoms with E-state index in [4.69, 9.17) is 0 Å². The molecule has 140 valence electrons. The average Bonchev–Trinajstić information content (AvgIpc) is 2.48. The van der Waals surface area contributed by atoms with Crippen molar-refractivity contribution in [2.75, 3.05) is 4.72 Å². The lowest BCUT2D eigenvalue weighted by molar-refractivity contribution is 0.479. The third-order valence-electron chi connectivity index (χ3n) is 4.63. The number of halogens is 4. The molecule has 2 aromatic rings. The van der Waals surface area contributed by atoms with Gasteiger partial charge < -0.3 is 0 Å². The minimum atomic E-state index is -3.69. The van der Waals surface area contributed by atoms with E-state index in [0.29, 0.717) is 16.4 Å². The van der Waals surface area contributed by atoms with Crippen LogP contribution < -0.4 is 4.72 Å². The van der Waals surface area contributed by atoms with Gasteiger partial charge in [0.05, 0.1) is 10.9 Å². The molecule has 0 heterocycles. The molecule has 0 amide bonds. The molecular weight excluding hydrogens is 478 g/mol. The predicted octanol–water partition coefficient (Wildman–Crippen LogP) is 4.90. The van der Waals surface area contributed by atoms with Crippen LogP contribution in [0.1, 0.15) is 36.0 Å². The maximum Gasteiger partial charge on any atom is 0.235 e. The first-order valence-corrected chi connectivity index (χ1v) is 10.7. The Morgan fingerprint density at radius 3 is 2.42 bits per heavy atom. The molecule has 1 fully saturated rings. The molecule has 26 heavy (non-hydrogen) atoms. The van der Waals surface area contributed by atoms with Gasteiger partial charge in [0.2, 0.25) is 10.0 Å². The number of hydrogen-bond acceptors (Lipinski definition) is 2. The zero-order chi connectivity index (χ0) is 19.1. The Morgan fingerprint density at radius 1 is 1.15 bits per heavy atom. The summed E-state index contributed by atoms with van der Waals surface area (Å²) >= 11 is 1.95. The van der Waals surface area contributed by atoms with Crippen LogP contribution in [0.15, 0.2) is 24.3 Å². The van der Waals surface area contributed by atoms with Crippen molar-refractivity contribution in [3.63, 3.8) is 0 Å². The van der Waals surface area contributed by atoms with Crippen molar-refractivity contribution in [2.24, 2.45) is 0 Å². The van der Waals surface area contributed by atoms with Crippen molar-refractivity contribution >= 4 is 38.3 Å². The second-order valence-corrected chi connectivity index (χ2v) is 9.66. The van der Waals surface area contributed by atoms with E-state index in [9.17, 15) is 21.6 Å². The molecule has 0 bridgehead atoms. The lowest BCUT2D eigenvalue weighted by atomic mass is 9.99. The Bertz CT molecular complexity index is 959. The van der Waals surface area contributed by atoms with E-state index >= 15 is 0 Å². The molecule has 0 saturated heterocycles. The zero-order valence-electron chi connectivity index (χ0n) is 14.0. The standard InChI is InChI=1S/C18H17F3INO2S/c1-10-7-16(20)17(21)14(8-11-5-6-12(22)9-15(11)19)18(10)23-26(24,25)13-3-2-4-13/h5-7,9,13,23H,2-4,8H2,1H3. The first-order chi connectivity index (χ1) is 12.2.